The molecular weight excluding hydrogens is 355 g/mol. The van der Waals surface area contributed by atoms with Gasteiger partial charge in [0.2, 0.25) is 0 Å². The van der Waals surface area contributed by atoms with Crippen molar-refractivity contribution in [3.63, 3.8) is 0 Å². The molecule has 1 aromatic carbocycles. The fourth-order valence-electron chi connectivity index (χ4n) is 1.87. The molecule has 1 heterocycles. The zero-order chi connectivity index (χ0) is 17.9. The molecule has 0 radical (unpaired) electrons. The summed E-state index contributed by atoms with van der Waals surface area (Å²) in [7, 11) is 0. The van der Waals surface area contributed by atoms with E-state index in [0.717, 1.165) is 23.5 Å². The van der Waals surface area contributed by atoms with Gasteiger partial charge >= 0.3 is 18.5 Å². The van der Waals surface area contributed by atoms with Crippen LogP contribution in [-0.4, -0.2) is 40.2 Å². The van der Waals surface area contributed by atoms with Crippen LogP contribution in [0.2, 0.25) is 0 Å². The van der Waals surface area contributed by atoms with Gasteiger partial charge in [-0.25, -0.2) is 14.6 Å². The third-order valence-electron chi connectivity index (χ3n) is 2.82. The summed E-state index contributed by atoms with van der Waals surface area (Å²) >= 11 is 0.930. The Hall–Kier alpha value is -2.56. The zero-order valence-corrected chi connectivity index (χ0v) is 12.6. The van der Waals surface area contributed by atoms with Gasteiger partial charge < -0.3 is 19.7 Å². The Morgan fingerprint density at radius 2 is 1.96 bits per heavy atom. The average molecular weight is 365 g/mol. The van der Waals surface area contributed by atoms with Crippen molar-refractivity contribution in [3.05, 3.63) is 28.8 Å². The maximum atomic E-state index is 12.7. The van der Waals surface area contributed by atoms with Crippen LogP contribution in [0.15, 0.2) is 18.2 Å². The third kappa shape index (κ3) is 4.72. The van der Waals surface area contributed by atoms with Gasteiger partial charge in [0.15, 0.2) is 0 Å². The van der Waals surface area contributed by atoms with Crippen molar-refractivity contribution < 1.29 is 42.4 Å². The second kappa shape index (κ2) is 6.91. The molecule has 2 N–H and O–H groups in total. The van der Waals surface area contributed by atoms with Crippen LogP contribution < -0.4 is 0 Å². The smallest absolute Gasteiger partial charge is 0.450 e. The SMILES string of the molecule is O=C(O)OCC(Cc1nc2ccc(C(F)(F)F)cc2s1)OC(=O)O. The molecule has 0 fully saturated rings. The third-order valence-corrected chi connectivity index (χ3v) is 3.86. The van der Waals surface area contributed by atoms with Crippen molar-refractivity contribution in [1.29, 1.82) is 0 Å². The van der Waals surface area contributed by atoms with Gasteiger partial charge in [0, 0.05) is 6.42 Å². The van der Waals surface area contributed by atoms with E-state index in [1.165, 1.54) is 6.07 Å². The Kier molecular flexibility index (Phi) is 5.12. The minimum absolute atomic E-state index is 0.125. The number of carbonyl (C=O) groups is 2. The Bertz CT molecular complexity index is 760. The van der Waals surface area contributed by atoms with E-state index in [4.69, 9.17) is 10.2 Å². The highest BCUT2D eigenvalue weighted by molar-refractivity contribution is 7.18. The lowest BCUT2D eigenvalue weighted by Gasteiger charge is -2.13. The molecule has 0 aliphatic rings. The number of alkyl halides is 3. The summed E-state index contributed by atoms with van der Waals surface area (Å²) in [5.41, 5.74) is -0.506. The molecule has 0 aliphatic carbocycles. The molecule has 0 saturated carbocycles. The number of aromatic nitrogens is 1. The van der Waals surface area contributed by atoms with Gasteiger partial charge in [-0.1, -0.05) is 0 Å². The standard InChI is InChI=1S/C13H10F3NO6S/c14-13(15,16)6-1-2-8-9(3-6)24-10(17-8)4-7(23-12(20)21)5-22-11(18)19/h1-3,7H,4-5H2,(H,18,19)(H,20,21). The van der Waals surface area contributed by atoms with E-state index in [9.17, 15) is 22.8 Å². The Balaban J connectivity index is 2.20. The molecule has 2 rings (SSSR count). The summed E-state index contributed by atoms with van der Waals surface area (Å²) in [5, 5.41) is 17.4. The molecule has 1 aromatic heterocycles. The van der Waals surface area contributed by atoms with Gasteiger partial charge in [-0.3, -0.25) is 0 Å². The van der Waals surface area contributed by atoms with Crippen molar-refractivity contribution in [1.82, 2.24) is 4.98 Å². The van der Waals surface area contributed by atoms with Crippen LogP contribution in [0.1, 0.15) is 10.6 Å². The number of ether oxygens (including phenoxy) is 2. The largest absolute Gasteiger partial charge is 0.506 e. The minimum Gasteiger partial charge on any atom is -0.450 e. The fraction of sp³-hybridized carbons (Fsp3) is 0.308. The number of hydrogen-bond donors (Lipinski definition) is 2. The monoisotopic (exact) mass is 365 g/mol. The van der Waals surface area contributed by atoms with Crippen LogP contribution in [-0.2, 0) is 22.1 Å². The van der Waals surface area contributed by atoms with Gasteiger partial charge in [-0.15, -0.1) is 11.3 Å². The predicted molar refractivity (Wildman–Crippen MR) is 75.2 cm³/mol. The first-order valence-electron chi connectivity index (χ1n) is 6.37. The summed E-state index contributed by atoms with van der Waals surface area (Å²) in [6, 6.07) is 3.04. The molecule has 0 saturated heterocycles. The summed E-state index contributed by atoms with van der Waals surface area (Å²) < 4.78 is 47.1. The first-order valence-corrected chi connectivity index (χ1v) is 7.19. The van der Waals surface area contributed by atoms with Crippen LogP contribution >= 0.6 is 11.3 Å². The van der Waals surface area contributed by atoms with Crippen LogP contribution in [0.3, 0.4) is 0 Å². The average Bonchev–Trinajstić information content (AvgIpc) is 2.84. The second-order valence-corrected chi connectivity index (χ2v) is 5.69. The Morgan fingerprint density at radius 1 is 1.25 bits per heavy atom. The highest BCUT2D eigenvalue weighted by Crippen LogP contribution is 2.33. The molecule has 24 heavy (non-hydrogen) atoms. The van der Waals surface area contributed by atoms with Crippen LogP contribution in [0.4, 0.5) is 22.8 Å². The molecule has 0 bridgehead atoms. The lowest BCUT2D eigenvalue weighted by Crippen LogP contribution is -2.26. The van der Waals surface area contributed by atoms with Crippen molar-refractivity contribution in [3.8, 4) is 0 Å². The molecule has 130 valence electrons. The molecule has 1 unspecified atom stereocenters. The summed E-state index contributed by atoms with van der Waals surface area (Å²) in [5.74, 6) is 0. The van der Waals surface area contributed by atoms with E-state index < -0.39 is 36.8 Å². The number of rotatable bonds is 5. The van der Waals surface area contributed by atoms with E-state index in [1.807, 2.05) is 0 Å². The summed E-state index contributed by atoms with van der Waals surface area (Å²) in [6.45, 7) is -0.550. The molecule has 2 aromatic rings. The second-order valence-electron chi connectivity index (χ2n) is 4.57. The maximum Gasteiger partial charge on any atom is 0.506 e. The molecule has 11 heteroatoms. The van der Waals surface area contributed by atoms with E-state index in [1.54, 1.807) is 0 Å². The molecule has 0 aliphatic heterocycles. The number of carboxylic acid groups (broad SMARTS) is 2. The van der Waals surface area contributed by atoms with Gasteiger partial charge in [0.1, 0.15) is 12.7 Å². The normalized spacial score (nSPS) is 12.8. The number of thiazole rings is 1. The van der Waals surface area contributed by atoms with Crippen LogP contribution in [0.25, 0.3) is 10.2 Å². The Morgan fingerprint density at radius 3 is 2.54 bits per heavy atom. The van der Waals surface area contributed by atoms with E-state index in [2.05, 4.69) is 14.5 Å². The first-order chi connectivity index (χ1) is 11.1. The predicted octanol–water partition coefficient (Wildman–Crippen LogP) is 3.62. The molecule has 1 atom stereocenters. The zero-order valence-electron chi connectivity index (χ0n) is 11.7. The number of benzene rings is 1. The minimum atomic E-state index is -4.48. The van der Waals surface area contributed by atoms with Gasteiger partial charge in [0.05, 0.1) is 20.8 Å². The van der Waals surface area contributed by atoms with Crippen LogP contribution in [0.5, 0.6) is 0 Å². The number of fused-ring (bicyclic) bond motifs is 1. The van der Waals surface area contributed by atoms with Gasteiger partial charge in [-0.05, 0) is 18.2 Å². The maximum absolute atomic E-state index is 12.7. The lowest BCUT2D eigenvalue weighted by atomic mass is 10.2. The molecule has 0 spiro atoms. The van der Waals surface area contributed by atoms with Gasteiger partial charge in [0.25, 0.3) is 0 Å². The molecule has 7 nitrogen and oxygen atoms in total. The number of nitrogens with zero attached hydrogens (tertiary/aromatic N) is 1. The van der Waals surface area contributed by atoms with E-state index in [0.29, 0.717) is 10.5 Å². The fourth-order valence-corrected chi connectivity index (χ4v) is 2.94. The van der Waals surface area contributed by atoms with E-state index >= 15 is 0 Å². The van der Waals surface area contributed by atoms with E-state index in [-0.39, 0.29) is 11.1 Å². The van der Waals surface area contributed by atoms with Crippen LogP contribution in [0, 0.1) is 0 Å². The van der Waals surface area contributed by atoms with Crippen molar-refractivity contribution in [2.45, 2.75) is 18.7 Å². The quantitative estimate of drug-likeness (QED) is 0.780. The highest BCUT2D eigenvalue weighted by atomic mass is 32.1. The van der Waals surface area contributed by atoms with Crippen molar-refractivity contribution in [2.24, 2.45) is 0 Å². The van der Waals surface area contributed by atoms with Gasteiger partial charge in [-0.2, -0.15) is 13.2 Å². The lowest BCUT2D eigenvalue weighted by molar-refractivity contribution is -0.137. The molecular formula is C13H10F3NO6S. The Labute approximate surface area is 136 Å². The van der Waals surface area contributed by atoms with Crippen molar-refractivity contribution >= 4 is 33.9 Å². The molecule has 0 amide bonds. The van der Waals surface area contributed by atoms with Crippen molar-refractivity contribution in [2.75, 3.05) is 6.61 Å². The number of hydrogen-bond acceptors (Lipinski definition) is 6. The summed E-state index contributed by atoms with van der Waals surface area (Å²) in [6.07, 6.45) is -8.99. The summed E-state index contributed by atoms with van der Waals surface area (Å²) in [4.78, 5) is 25.1. The first kappa shape index (κ1) is 17.8. The number of halogens is 3. The topological polar surface area (TPSA) is 106 Å². The highest BCUT2D eigenvalue weighted by Gasteiger charge is 2.31.